The fourth-order valence-corrected chi connectivity index (χ4v) is 3.28. The number of fused-ring (bicyclic) bond motifs is 1. The highest BCUT2D eigenvalue weighted by Gasteiger charge is 2.27. The highest BCUT2D eigenvalue weighted by Crippen LogP contribution is 2.36. The van der Waals surface area contributed by atoms with Gasteiger partial charge in [-0.15, -0.1) is 0 Å². The predicted octanol–water partition coefficient (Wildman–Crippen LogP) is 5.19. The lowest BCUT2D eigenvalue weighted by atomic mass is 9.93. The van der Waals surface area contributed by atoms with Crippen LogP contribution in [-0.2, 0) is 11.2 Å². The van der Waals surface area contributed by atoms with E-state index >= 15 is 0 Å². The molecule has 2 N–H and O–H groups in total. The minimum absolute atomic E-state index is 0.0612. The van der Waals surface area contributed by atoms with Gasteiger partial charge in [-0.05, 0) is 43.5 Å². The number of aromatic nitrogens is 1. The van der Waals surface area contributed by atoms with Gasteiger partial charge in [-0.25, -0.2) is 4.39 Å². The van der Waals surface area contributed by atoms with Gasteiger partial charge in [-0.2, -0.15) is 0 Å². The lowest BCUT2D eigenvalue weighted by Crippen LogP contribution is -2.10. The van der Waals surface area contributed by atoms with Gasteiger partial charge in [-0.3, -0.25) is 4.79 Å². The van der Waals surface area contributed by atoms with Gasteiger partial charge in [0.1, 0.15) is 17.4 Å². The number of aromatic amines is 1. The van der Waals surface area contributed by atoms with Crippen LogP contribution in [0, 0.1) is 5.82 Å². The maximum Gasteiger partial charge on any atom is 0.179 e. The Hall–Kier alpha value is -2.08. The SMILES string of the molecule is C=C(OCC)c1c(Nc2ccc(Br)cc2F)[nH]c2c1CCCC2=O. The monoisotopic (exact) mass is 392 g/mol. The molecule has 24 heavy (non-hydrogen) atoms. The number of hydrogen-bond donors (Lipinski definition) is 2. The number of nitrogens with one attached hydrogen (secondary N) is 2. The molecule has 0 aliphatic heterocycles. The van der Waals surface area contributed by atoms with E-state index in [2.05, 4.69) is 32.8 Å². The normalized spacial score (nSPS) is 13.5. The van der Waals surface area contributed by atoms with Crippen molar-refractivity contribution in [1.82, 2.24) is 4.98 Å². The molecule has 0 amide bonds. The molecule has 0 bridgehead atoms. The molecular weight excluding hydrogens is 375 g/mol. The summed E-state index contributed by atoms with van der Waals surface area (Å²) in [6, 6.07) is 4.76. The second-order valence-corrected chi connectivity index (χ2v) is 6.53. The van der Waals surface area contributed by atoms with Gasteiger partial charge in [0.2, 0.25) is 0 Å². The summed E-state index contributed by atoms with van der Waals surface area (Å²) in [4.78, 5) is 15.3. The largest absolute Gasteiger partial charge is 0.494 e. The standard InChI is InChI=1S/C18H18BrFN2O2/c1-3-24-10(2)16-12-5-4-6-15(23)17(12)22-18(16)21-14-8-7-11(19)9-13(14)20/h7-9,21-22H,2-6H2,1H3. The first-order valence-corrected chi connectivity index (χ1v) is 8.62. The molecule has 0 radical (unpaired) electrons. The molecule has 1 aliphatic carbocycles. The van der Waals surface area contributed by atoms with Crippen molar-refractivity contribution in [2.75, 3.05) is 11.9 Å². The second kappa shape index (κ2) is 6.81. The highest BCUT2D eigenvalue weighted by molar-refractivity contribution is 9.10. The summed E-state index contributed by atoms with van der Waals surface area (Å²) in [6.45, 7) is 6.31. The number of Topliss-reactive ketones (excluding diaryl/α,β-unsaturated/α-hetero) is 1. The highest BCUT2D eigenvalue weighted by atomic mass is 79.9. The van der Waals surface area contributed by atoms with Gasteiger partial charge in [-0.1, -0.05) is 22.5 Å². The molecule has 0 saturated carbocycles. The Morgan fingerprint density at radius 2 is 2.25 bits per heavy atom. The number of ether oxygens (including phenoxy) is 1. The van der Waals surface area contributed by atoms with Gasteiger partial charge in [0.25, 0.3) is 0 Å². The number of benzene rings is 1. The third-order valence-electron chi connectivity index (χ3n) is 4.00. The van der Waals surface area contributed by atoms with Crippen molar-refractivity contribution in [3.05, 3.63) is 51.9 Å². The molecule has 0 saturated heterocycles. The fourth-order valence-electron chi connectivity index (χ4n) is 2.95. The van der Waals surface area contributed by atoms with E-state index in [1.54, 1.807) is 12.1 Å². The topological polar surface area (TPSA) is 54.1 Å². The number of rotatable bonds is 5. The number of anilines is 2. The smallest absolute Gasteiger partial charge is 0.179 e. The van der Waals surface area contributed by atoms with Crippen LogP contribution in [-0.4, -0.2) is 17.4 Å². The zero-order valence-corrected chi connectivity index (χ0v) is 14.9. The zero-order chi connectivity index (χ0) is 17.3. The van der Waals surface area contributed by atoms with Crippen molar-refractivity contribution >= 4 is 39.0 Å². The third-order valence-corrected chi connectivity index (χ3v) is 4.49. The van der Waals surface area contributed by atoms with E-state index in [9.17, 15) is 9.18 Å². The van der Waals surface area contributed by atoms with Crippen LogP contribution in [0.1, 0.15) is 41.4 Å². The molecule has 3 rings (SSSR count). The Kier molecular flexibility index (Phi) is 4.76. The van der Waals surface area contributed by atoms with Crippen LogP contribution >= 0.6 is 15.9 Å². The number of ketones is 1. The van der Waals surface area contributed by atoms with E-state index in [0.717, 1.165) is 24.0 Å². The van der Waals surface area contributed by atoms with Crippen molar-refractivity contribution in [2.45, 2.75) is 26.2 Å². The lowest BCUT2D eigenvalue weighted by molar-refractivity contribution is 0.0968. The Morgan fingerprint density at radius 1 is 1.46 bits per heavy atom. The molecule has 1 aromatic heterocycles. The molecule has 4 nitrogen and oxygen atoms in total. The molecule has 0 fully saturated rings. The minimum atomic E-state index is -0.392. The van der Waals surface area contributed by atoms with Crippen LogP contribution in [0.3, 0.4) is 0 Å². The summed E-state index contributed by atoms with van der Waals surface area (Å²) < 4.78 is 20.4. The molecule has 1 aliphatic rings. The van der Waals surface area contributed by atoms with Gasteiger partial charge in [0.05, 0.1) is 23.6 Å². The molecule has 1 aromatic carbocycles. The minimum Gasteiger partial charge on any atom is -0.494 e. The second-order valence-electron chi connectivity index (χ2n) is 5.61. The molecule has 2 aromatic rings. The van der Waals surface area contributed by atoms with Gasteiger partial charge in [0, 0.05) is 10.9 Å². The Balaban J connectivity index is 2.06. The van der Waals surface area contributed by atoms with Gasteiger partial charge >= 0.3 is 0 Å². The van der Waals surface area contributed by atoms with E-state index in [-0.39, 0.29) is 5.78 Å². The van der Waals surface area contributed by atoms with Crippen LogP contribution in [0.2, 0.25) is 0 Å². The van der Waals surface area contributed by atoms with Crippen LogP contribution in [0.4, 0.5) is 15.9 Å². The lowest BCUT2D eigenvalue weighted by Gasteiger charge is -2.14. The molecule has 0 spiro atoms. The molecule has 0 atom stereocenters. The average molecular weight is 393 g/mol. The Morgan fingerprint density at radius 3 is 2.96 bits per heavy atom. The van der Waals surface area contributed by atoms with Crippen LogP contribution in [0.5, 0.6) is 0 Å². The fraction of sp³-hybridized carbons (Fsp3) is 0.278. The summed E-state index contributed by atoms with van der Waals surface area (Å²) in [5.74, 6) is 0.682. The van der Waals surface area contributed by atoms with Crippen LogP contribution in [0.15, 0.2) is 29.3 Å². The first kappa shape index (κ1) is 16.8. The molecular formula is C18H18BrFN2O2. The molecule has 1 heterocycles. The summed E-state index contributed by atoms with van der Waals surface area (Å²) >= 11 is 3.24. The number of H-pyrrole nitrogens is 1. The summed E-state index contributed by atoms with van der Waals surface area (Å²) in [5.41, 5.74) is 2.50. The van der Waals surface area contributed by atoms with Crippen molar-refractivity contribution in [2.24, 2.45) is 0 Å². The first-order chi connectivity index (χ1) is 11.5. The quantitative estimate of drug-likeness (QED) is 0.688. The van der Waals surface area contributed by atoms with E-state index in [4.69, 9.17) is 4.74 Å². The Bertz CT molecular complexity index is 814. The average Bonchev–Trinajstić information content (AvgIpc) is 2.90. The number of carbonyl (C=O) groups is 1. The maximum atomic E-state index is 14.2. The molecule has 0 unspecified atom stereocenters. The molecule has 126 valence electrons. The summed E-state index contributed by atoms with van der Waals surface area (Å²) in [7, 11) is 0. The van der Waals surface area contributed by atoms with Crippen LogP contribution in [0.25, 0.3) is 5.76 Å². The first-order valence-electron chi connectivity index (χ1n) is 7.83. The van der Waals surface area contributed by atoms with Crippen LogP contribution < -0.4 is 5.32 Å². The zero-order valence-electron chi connectivity index (χ0n) is 13.3. The number of hydrogen-bond acceptors (Lipinski definition) is 3. The van der Waals surface area contributed by atoms with E-state index in [1.165, 1.54) is 6.07 Å². The van der Waals surface area contributed by atoms with Gasteiger partial charge < -0.3 is 15.0 Å². The van der Waals surface area contributed by atoms with E-state index in [0.29, 0.717) is 40.5 Å². The summed E-state index contributed by atoms with van der Waals surface area (Å²) in [6.07, 6.45) is 2.08. The van der Waals surface area contributed by atoms with Crippen molar-refractivity contribution in [1.29, 1.82) is 0 Å². The maximum absolute atomic E-state index is 14.2. The number of halogens is 2. The third kappa shape index (κ3) is 3.11. The Labute approximate surface area is 148 Å². The number of carbonyl (C=O) groups excluding carboxylic acids is 1. The molecule has 6 heteroatoms. The van der Waals surface area contributed by atoms with Crippen molar-refractivity contribution < 1.29 is 13.9 Å². The van der Waals surface area contributed by atoms with E-state index in [1.807, 2.05) is 6.92 Å². The van der Waals surface area contributed by atoms with Crippen molar-refractivity contribution in [3.8, 4) is 0 Å². The van der Waals surface area contributed by atoms with E-state index < -0.39 is 5.82 Å². The van der Waals surface area contributed by atoms with Crippen molar-refractivity contribution in [3.63, 3.8) is 0 Å². The van der Waals surface area contributed by atoms with Gasteiger partial charge in [0.15, 0.2) is 5.78 Å². The summed E-state index contributed by atoms with van der Waals surface area (Å²) in [5, 5.41) is 3.04. The predicted molar refractivity (Wildman–Crippen MR) is 96.1 cm³/mol.